The maximum Gasteiger partial charge on any atom is 0.365 e. The van der Waals surface area contributed by atoms with Gasteiger partial charge in [-0.1, -0.05) is 78.9 Å². The maximum absolute atomic E-state index is 13.0. The molecule has 0 aliphatic carbocycles. The van der Waals surface area contributed by atoms with Gasteiger partial charge in [-0.3, -0.25) is 4.79 Å². The SMILES string of the molecule is Cc1[nH]c(-c2ccccc2)c(-c2ccccc2)c1C(=O)ONC(=O)c1ccccc1. The van der Waals surface area contributed by atoms with Crippen LogP contribution >= 0.6 is 0 Å². The Bertz CT molecular complexity index is 1170. The van der Waals surface area contributed by atoms with Gasteiger partial charge in [0, 0.05) is 16.8 Å². The van der Waals surface area contributed by atoms with E-state index < -0.39 is 11.9 Å². The zero-order valence-electron chi connectivity index (χ0n) is 16.4. The third-order valence-electron chi connectivity index (χ3n) is 4.79. The summed E-state index contributed by atoms with van der Waals surface area (Å²) >= 11 is 0. The minimum Gasteiger partial charge on any atom is -0.357 e. The lowest BCUT2D eigenvalue weighted by Crippen LogP contribution is -2.27. The normalized spacial score (nSPS) is 10.4. The smallest absolute Gasteiger partial charge is 0.357 e. The van der Waals surface area contributed by atoms with Crippen LogP contribution in [0.1, 0.15) is 26.4 Å². The number of nitrogens with one attached hydrogen (secondary N) is 2. The molecular weight excluding hydrogens is 376 g/mol. The molecule has 0 spiro atoms. The third kappa shape index (κ3) is 3.86. The minimum atomic E-state index is -0.630. The van der Waals surface area contributed by atoms with Crippen LogP contribution in [0.4, 0.5) is 0 Å². The molecule has 0 fully saturated rings. The van der Waals surface area contributed by atoms with Crippen LogP contribution in [0.5, 0.6) is 0 Å². The summed E-state index contributed by atoms with van der Waals surface area (Å²) in [4.78, 5) is 33.7. The highest BCUT2D eigenvalue weighted by molar-refractivity contribution is 6.04. The van der Waals surface area contributed by atoms with Crippen LogP contribution in [0.25, 0.3) is 22.4 Å². The summed E-state index contributed by atoms with van der Waals surface area (Å²) in [6, 6.07) is 28.0. The molecule has 4 rings (SSSR count). The van der Waals surface area contributed by atoms with E-state index in [1.54, 1.807) is 24.3 Å². The summed E-state index contributed by atoms with van der Waals surface area (Å²) in [6.07, 6.45) is 0. The molecule has 0 saturated heterocycles. The number of amides is 1. The lowest BCUT2D eigenvalue weighted by atomic mass is 9.97. The molecule has 1 amide bonds. The van der Waals surface area contributed by atoms with Crippen molar-refractivity contribution >= 4 is 11.9 Å². The summed E-state index contributed by atoms with van der Waals surface area (Å²) in [5.74, 6) is -1.12. The van der Waals surface area contributed by atoms with Gasteiger partial charge in [0.2, 0.25) is 0 Å². The molecule has 0 unspecified atom stereocenters. The first-order chi connectivity index (χ1) is 14.6. The molecule has 0 radical (unpaired) electrons. The first-order valence-electron chi connectivity index (χ1n) is 9.55. The monoisotopic (exact) mass is 396 g/mol. The molecule has 5 heteroatoms. The van der Waals surface area contributed by atoms with Crippen molar-refractivity contribution < 1.29 is 14.4 Å². The Morgan fingerprint density at radius 3 is 1.90 bits per heavy atom. The lowest BCUT2D eigenvalue weighted by molar-refractivity contribution is 0.0230. The maximum atomic E-state index is 13.0. The van der Waals surface area contributed by atoms with Crippen molar-refractivity contribution in [3.63, 3.8) is 0 Å². The van der Waals surface area contributed by atoms with E-state index in [-0.39, 0.29) is 0 Å². The van der Waals surface area contributed by atoms with Crippen molar-refractivity contribution in [1.82, 2.24) is 10.5 Å². The van der Waals surface area contributed by atoms with E-state index in [9.17, 15) is 9.59 Å². The van der Waals surface area contributed by atoms with Gasteiger partial charge in [-0.25, -0.2) is 4.79 Å². The van der Waals surface area contributed by atoms with Crippen LogP contribution in [0.3, 0.4) is 0 Å². The molecule has 0 aliphatic heterocycles. The zero-order chi connectivity index (χ0) is 20.9. The molecule has 0 aliphatic rings. The average molecular weight is 396 g/mol. The Hall–Kier alpha value is -4.12. The second kappa shape index (κ2) is 8.49. The Labute approximate surface area is 174 Å². The number of aromatic nitrogens is 1. The fraction of sp³-hybridized carbons (Fsp3) is 0.0400. The highest BCUT2D eigenvalue weighted by Gasteiger charge is 2.25. The molecule has 1 aromatic heterocycles. The number of hydroxylamine groups is 1. The number of benzene rings is 3. The Morgan fingerprint density at radius 2 is 1.30 bits per heavy atom. The van der Waals surface area contributed by atoms with Crippen LogP contribution in [0, 0.1) is 6.92 Å². The van der Waals surface area contributed by atoms with Crippen molar-refractivity contribution in [3.8, 4) is 22.4 Å². The second-order valence-electron chi connectivity index (χ2n) is 6.79. The molecule has 0 saturated carbocycles. The van der Waals surface area contributed by atoms with E-state index in [4.69, 9.17) is 4.84 Å². The number of hydrogen-bond donors (Lipinski definition) is 2. The van der Waals surface area contributed by atoms with Crippen LogP contribution in [0.2, 0.25) is 0 Å². The number of aromatic amines is 1. The van der Waals surface area contributed by atoms with Gasteiger partial charge >= 0.3 is 5.97 Å². The number of carbonyl (C=O) groups is 2. The van der Waals surface area contributed by atoms with Crippen LogP contribution in [-0.4, -0.2) is 16.9 Å². The fourth-order valence-electron chi connectivity index (χ4n) is 3.39. The molecular formula is C25H20N2O3. The fourth-order valence-corrected chi connectivity index (χ4v) is 3.39. The number of hydrogen-bond acceptors (Lipinski definition) is 3. The van der Waals surface area contributed by atoms with Crippen LogP contribution in [-0.2, 0) is 4.84 Å². The molecule has 3 aromatic carbocycles. The number of rotatable bonds is 4. The molecule has 1 heterocycles. The number of aryl methyl sites for hydroxylation is 1. The van der Waals surface area contributed by atoms with Gasteiger partial charge in [-0.05, 0) is 30.2 Å². The van der Waals surface area contributed by atoms with E-state index in [2.05, 4.69) is 10.5 Å². The molecule has 4 aromatic rings. The standard InChI is InChI=1S/C25H20N2O3/c1-17-21(25(29)30-27-24(28)20-15-9-4-10-16-20)22(18-11-5-2-6-12-18)23(26-17)19-13-7-3-8-14-19/h2-16,26H,1H3,(H,27,28). The van der Waals surface area contributed by atoms with Crippen molar-refractivity contribution in [2.45, 2.75) is 6.92 Å². The number of H-pyrrole nitrogens is 1. The van der Waals surface area contributed by atoms with Crippen molar-refractivity contribution in [3.05, 3.63) is 108 Å². The predicted molar refractivity (Wildman–Crippen MR) is 116 cm³/mol. The Balaban J connectivity index is 1.70. The second-order valence-corrected chi connectivity index (χ2v) is 6.79. The highest BCUT2D eigenvalue weighted by atomic mass is 16.7. The van der Waals surface area contributed by atoms with E-state index in [0.29, 0.717) is 16.8 Å². The van der Waals surface area contributed by atoms with E-state index >= 15 is 0 Å². The molecule has 5 nitrogen and oxygen atoms in total. The van der Waals surface area contributed by atoms with E-state index in [1.807, 2.05) is 73.7 Å². The average Bonchev–Trinajstić information content (AvgIpc) is 3.16. The first-order valence-corrected chi connectivity index (χ1v) is 9.55. The zero-order valence-corrected chi connectivity index (χ0v) is 16.4. The first kappa shape index (κ1) is 19.2. The minimum absolute atomic E-state index is 0.383. The predicted octanol–water partition coefficient (Wildman–Crippen LogP) is 5.16. The van der Waals surface area contributed by atoms with E-state index in [1.165, 1.54) is 0 Å². The largest absolute Gasteiger partial charge is 0.365 e. The van der Waals surface area contributed by atoms with Gasteiger partial charge in [0.15, 0.2) is 0 Å². The van der Waals surface area contributed by atoms with Gasteiger partial charge in [0.05, 0.1) is 11.3 Å². The Kier molecular flexibility index (Phi) is 5.44. The molecule has 0 bridgehead atoms. The summed E-state index contributed by atoms with van der Waals surface area (Å²) in [7, 11) is 0. The highest BCUT2D eigenvalue weighted by Crippen LogP contribution is 2.36. The molecule has 30 heavy (non-hydrogen) atoms. The van der Waals surface area contributed by atoms with Gasteiger partial charge in [-0.15, -0.1) is 0 Å². The van der Waals surface area contributed by atoms with Gasteiger partial charge in [0.25, 0.3) is 5.91 Å². The molecule has 0 atom stereocenters. The summed E-state index contributed by atoms with van der Waals surface area (Å²) in [6.45, 7) is 1.81. The van der Waals surface area contributed by atoms with Crippen molar-refractivity contribution in [1.29, 1.82) is 0 Å². The van der Waals surface area contributed by atoms with Crippen LogP contribution < -0.4 is 5.48 Å². The topological polar surface area (TPSA) is 71.2 Å². The summed E-state index contributed by atoms with van der Waals surface area (Å²) in [5, 5.41) is 0. The van der Waals surface area contributed by atoms with E-state index in [0.717, 1.165) is 22.4 Å². The molecule has 148 valence electrons. The quantitative estimate of drug-likeness (QED) is 0.468. The summed E-state index contributed by atoms with van der Waals surface area (Å²) in [5.41, 5.74) is 7.08. The summed E-state index contributed by atoms with van der Waals surface area (Å²) < 4.78 is 0. The molecule has 2 N–H and O–H groups in total. The number of carbonyl (C=O) groups excluding carboxylic acids is 2. The van der Waals surface area contributed by atoms with Gasteiger partial charge < -0.3 is 9.82 Å². The van der Waals surface area contributed by atoms with Gasteiger partial charge in [-0.2, -0.15) is 5.48 Å². The van der Waals surface area contributed by atoms with Crippen molar-refractivity contribution in [2.24, 2.45) is 0 Å². The lowest BCUT2D eigenvalue weighted by Gasteiger charge is -2.09. The Morgan fingerprint density at radius 1 is 0.767 bits per heavy atom. The van der Waals surface area contributed by atoms with Crippen molar-refractivity contribution in [2.75, 3.05) is 0 Å². The van der Waals surface area contributed by atoms with Gasteiger partial charge in [0.1, 0.15) is 0 Å². The third-order valence-corrected chi connectivity index (χ3v) is 4.79. The van der Waals surface area contributed by atoms with Crippen LogP contribution in [0.15, 0.2) is 91.0 Å².